The van der Waals surface area contributed by atoms with E-state index in [0.29, 0.717) is 17.1 Å². The van der Waals surface area contributed by atoms with Crippen molar-refractivity contribution < 1.29 is 9.59 Å². The molecule has 0 aliphatic rings. The van der Waals surface area contributed by atoms with E-state index in [4.69, 9.17) is 5.73 Å². The number of H-pyrrole nitrogens is 1. The molecule has 0 radical (unpaired) electrons. The predicted molar refractivity (Wildman–Crippen MR) is 83.0 cm³/mol. The van der Waals surface area contributed by atoms with Crippen molar-refractivity contribution in [2.24, 2.45) is 0 Å². The number of hydrogen-bond acceptors (Lipinski definition) is 8. The molecule has 2 aromatic heterocycles. The molecule has 0 unspecified atom stereocenters. The monoisotopic (exact) mass is 328 g/mol. The van der Waals surface area contributed by atoms with Gasteiger partial charge in [-0.3, -0.25) is 9.59 Å². The van der Waals surface area contributed by atoms with Gasteiger partial charge in [0.25, 0.3) is 5.78 Å². The maximum atomic E-state index is 11.9. The Hall–Kier alpha value is -2.94. The number of aromatic amines is 1. The van der Waals surface area contributed by atoms with Gasteiger partial charge < -0.3 is 5.73 Å². The average Bonchev–Trinajstić information content (AvgIpc) is 3.21. The van der Waals surface area contributed by atoms with Crippen LogP contribution in [0.25, 0.3) is 0 Å². The molecule has 3 aromatic rings. The molecule has 0 atom stereocenters. The van der Waals surface area contributed by atoms with Gasteiger partial charge in [0, 0.05) is 17.5 Å². The Balaban J connectivity index is 1.64. The van der Waals surface area contributed by atoms with Crippen molar-refractivity contribution in [1.82, 2.24) is 25.6 Å². The predicted octanol–water partition coefficient (Wildman–Crippen LogP) is 0.824. The summed E-state index contributed by atoms with van der Waals surface area (Å²) in [5, 5.41) is 14.9. The number of nitrogens with two attached hydrogens (primary N) is 1. The molecule has 0 saturated carbocycles. The van der Waals surface area contributed by atoms with Crippen molar-refractivity contribution >= 4 is 28.6 Å². The Bertz CT molecular complexity index is 825. The fraction of sp³-hybridized carbons (Fsp3) is 0.143. The highest BCUT2D eigenvalue weighted by Gasteiger charge is 2.21. The number of nitrogen functional groups attached to an aromatic ring is 1. The van der Waals surface area contributed by atoms with Gasteiger partial charge in [-0.25, -0.2) is 4.98 Å². The van der Waals surface area contributed by atoms with Gasteiger partial charge in [0.2, 0.25) is 11.6 Å². The number of nitrogens with one attached hydrogen (secondary N) is 1. The molecule has 23 heavy (non-hydrogen) atoms. The summed E-state index contributed by atoms with van der Waals surface area (Å²) in [6.07, 6.45) is 0.573. The molecular formula is C14H12N6O2S. The number of thiazole rings is 1. The van der Waals surface area contributed by atoms with Crippen LogP contribution in [0.2, 0.25) is 0 Å². The van der Waals surface area contributed by atoms with Crippen LogP contribution in [0.1, 0.15) is 26.9 Å². The van der Waals surface area contributed by atoms with Gasteiger partial charge in [0.1, 0.15) is 5.01 Å². The smallest absolute Gasteiger partial charge is 0.269 e. The molecule has 0 fully saturated rings. The lowest BCUT2D eigenvalue weighted by atomic mass is 10.1. The third kappa shape index (κ3) is 3.64. The number of hydrogen-bond donors (Lipinski definition) is 2. The number of tetrazole rings is 1. The second kappa shape index (κ2) is 6.44. The molecule has 3 N–H and O–H groups in total. The first kappa shape index (κ1) is 15.0. The third-order valence-electron chi connectivity index (χ3n) is 3.08. The van der Waals surface area contributed by atoms with Crippen LogP contribution in [0.5, 0.6) is 0 Å². The SMILES string of the molecule is Nc1ccc(Cc2csc(CC(=O)C(=O)c3nn[nH]n3)n2)cc1. The van der Waals surface area contributed by atoms with Crippen molar-refractivity contribution in [2.45, 2.75) is 12.8 Å². The summed E-state index contributed by atoms with van der Waals surface area (Å²) in [6.45, 7) is 0. The molecule has 9 heteroatoms. The van der Waals surface area contributed by atoms with E-state index in [1.807, 2.05) is 29.6 Å². The van der Waals surface area contributed by atoms with E-state index < -0.39 is 11.6 Å². The summed E-state index contributed by atoms with van der Waals surface area (Å²) in [7, 11) is 0. The Morgan fingerprint density at radius 2 is 2.00 bits per heavy atom. The number of aromatic nitrogens is 5. The Labute approximate surface area is 134 Å². The normalized spacial score (nSPS) is 10.6. The second-order valence-electron chi connectivity index (χ2n) is 4.82. The summed E-state index contributed by atoms with van der Waals surface area (Å²) in [6, 6.07) is 7.52. The van der Waals surface area contributed by atoms with Gasteiger partial charge in [0.05, 0.1) is 12.1 Å². The highest BCUT2D eigenvalue weighted by Crippen LogP contribution is 2.16. The van der Waals surface area contributed by atoms with E-state index in [2.05, 4.69) is 25.6 Å². The Morgan fingerprint density at radius 3 is 2.70 bits per heavy atom. The quantitative estimate of drug-likeness (QED) is 0.389. The van der Waals surface area contributed by atoms with E-state index >= 15 is 0 Å². The topological polar surface area (TPSA) is 128 Å². The molecule has 0 spiro atoms. The molecule has 0 amide bonds. The van der Waals surface area contributed by atoms with Crippen molar-refractivity contribution in [3.05, 3.63) is 51.7 Å². The van der Waals surface area contributed by atoms with Crippen molar-refractivity contribution in [3.63, 3.8) is 0 Å². The van der Waals surface area contributed by atoms with Crippen LogP contribution in [0.15, 0.2) is 29.6 Å². The lowest BCUT2D eigenvalue weighted by Gasteiger charge is -1.99. The van der Waals surface area contributed by atoms with Gasteiger partial charge in [-0.1, -0.05) is 12.1 Å². The van der Waals surface area contributed by atoms with Crippen LogP contribution < -0.4 is 5.73 Å². The van der Waals surface area contributed by atoms with E-state index in [1.165, 1.54) is 11.3 Å². The Morgan fingerprint density at radius 1 is 1.22 bits per heavy atom. The summed E-state index contributed by atoms with van der Waals surface area (Å²) < 4.78 is 0. The lowest BCUT2D eigenvalue weighted by molar-refractivity contribution is -0.114. The highest BCUT2D eigenvalue weighted by atomic mass is 32.1. The van der Waals surface area contributed by atoms with Gasteiger partial charge >= 0.3 is 0 Å². The number of rotatable bonds is 6. The first-order valence-electron chi connectivity index (χ1n) is 6.70. The van der Waals surface area contributed by atoms with Crippen molar-refractivity contribution in [3.8, 4) is 0 Å². The molecule has 0 saturated heterocycles. The molecule has 0 aliphatic heterocycles. The molecule has 8 nitrogen and oxygen atoms in total. The summed E-state index contributed by atoms with van der Waals surface area (Å²) in [4.78, 5) is 28.0. The first-order chi connectivity index (χ1) is 11.1. The number of anilines is 1. The minimum atomic E-state index is -0.769. The van der Waals surface area contributed by atoms with Crippen molar-refractivity contribution in [1.29, 1.82) is 0 Å². The Kier molecular flexibility index (Phi) is 4.20. The molecule has 0 aliphatic carbocycles. The van der Waals surface area contributed by atoms with Gasteiger partial charge in [-0.15, -0.1) is 21.5 Å². The zero-order valence-corrected chi connectivity index (χ0v) is 12.7. The molecule has 0 bridgehead atoms. The summed E-state index contributed by atoms with van der Waals surface area (Å²) in [5.41, 5.74) is 8.27. The van der Waals surface area contributed by atoms with Crippen LogP contribution in [-0.2, 0) is 17.6 Å². The maximum absolute atomic E-state index is 11.9. The maximum Gasteiger partial charge on any atom is 0.269 e. The molecule has 3 rings (SSSR count). The average molecular weight is 328 g/mol. The number of carbonyl (C=O) groups excluding carboxylic acids is 2. The fourth-order valence-corrected chi connectivity index (χ4v) is 2.75. The van der Waals surface area contributed by atoms with Gasteiger partial charge in [-0.2, -0.15) is 5.21 Å². The van der Waals surface area contributed by atoms with Crippen LogP contribution in [0.4, 0.5) is 5.69 Å². The molecule has 1 aromatic carbocycles. The highest BCUT2D eigenvalue weighted by molar-refractivity contribution is 7.09. The summed E-state index contributed by atoms with van der Waals surface area (Å²) in [5.74, 6) is -1.61. The van der Waals surface area contributed by atoms with Crippen LogP contribution >= 0.6 is 11.3 Å². The van der Waals surface area contributed by atoms with Crippen LogP contribution in [0, 0.1) is 0 Å². The molecule has 116 valence electrons. The minimum Gasteiger partial charge on any atom is -0.399 e. The molecule has 2 heterocycles. The molecular weight excluding hydrogens is 316 g/mol. The van der Waals surface area contributed by atoms with E-state index in [-0.39, 0.29) is 12.2 Å². The van der Waals surface area contributed by atoms with E-state index in [0.717, 1.165) is 11.3 Å². The van der Waals surface area contributed by atoms with Gasteiger partial charge in [-0.05, 0) is 22.9 Å². The van der Waals surface area contributed by atoms with Gasteiger partial charge in [0.15, 0.2) is 0 Å². The lowest BCUT2D eigenvalue weighted by Crippen LogP contribution is -2.18. The fourth-order valence-electron chi connectivity index (χ4n) is 1.96. The first-order valence-corrected chi connectivity index (χ1v) is 7.58. The number of benzene rings is 1. The van der Waals surface area contributed by atoms with Crippen LogP contribution in [0.3, 0.4) is 0 Å². The van der Waals surface area contributed by atoms with Crippen molar-refractivity contribution in [2.75, 3.05) is 5.73 Å². The largest absolute Gasteiger partial charge is 0.399 e. The third-order valence-corrected chi connectivity index (χ3v) is 3.98. The number of carbonyl (C=O) groups is 2. The number of Topliss-reactive ketones (excluding diaryl/α,β-unsaturated/α-hetero) is 2. The standard InChI is InChI=1S/C14H12N6O2S/c15-9-3-1-8(2-4-9)5-10-7-23-12(16-10)6-11(21)13(22)14-17-19-20-18-14/h1-4,7H,5-6,15H2,(H,17,18,19,20). The van der Waals surface area contributed by atoms with E-state index in [1.54, 1.807) is 0 Å². The summed E-state index contributed by atoms with van der Waals surface area (Å²) >= 11 is 1.34. The zero-order chi connectivity index (χ0) is 16.2. The number of ketones is 2. The minimum absolute atomic E-state index is 0.0697. The zero-order valence-electron chi connectivity index (χ0n) is 11.9. The second-order valence-corrected chi connectivity index (χ2v) is 5.76. The number of nitrogens with zero attached hydrogens (tertiary/aromatic N) is 4. The van der Waals surface area contributed by atoms with Crippen LogP contribution in [-0.4, -0.2) is 37.2 Å². The van der Waals surface area contributed by atoms with E-state index in [9.17, 15) is 9.59 Å².